The van der Waals surface area contributed by atoms with E-state index in [0.29, 0.717) is 18.8 Å². The van der Waals surface area contributed by atoms with Gasteiger partial charge >= 0.3 is 0 Å². The summed E-state index contributed by atoms with van der Waals surface area (Å²) in [5.41, 5.74) is 1.07. The summed E-state index contributed by atoms with van der Waals surface area (Å²) >= 11 is 1.52. The second-order valence-corrected chi connectivity index (χ2v) is 7.13. The first-order valence-electron chi connectivity index (χ1n) is 7.81. The van der Waals surface area contributed by atoms with Crippen LogP contribution in [0.15, 0.2) is 23.8 Å². The van der Waals surface area contributed by atoms with Crippen LogP contribution < -0.4 is 0 Å². The molecule has 0 N–H and O–H groups in total. The van der Waals surface area contributed by atoms with Crippen molar-refractivity contribution in [1.29, 1.82) is 0 Å². The Kier molecular flexibility index (Phi) is 3.82. The molecule has 7 heteroatoms. The number of carbonyl (C=O) groups excluding carboxylic acids is 1. The lowest BCUT2D eigenvalue weighted by atomic mass is 9.79. The van der Waals surface area contributed by atoms with Crippen molar-refractivity contribution in [3.63, 3.8) is 0 Å². The Bertz CT molecular complexity index is 697. The predicted octanol–water partition coefficient (Wildman–Crippen LogP) is 2.13. The van der Waals surface area contributed by atoms with E-state index >= 15 is 0 Å². The summed E-state index contributed by atoms with van der Waals surface area (Å²) in [5, 5.41) is 2.79. The van der Waals surface area contributed by atoms with Crippen molar-refractivity contribution in [2.24, 2.45) is 5.41 Å². The highest BCUT2D eigenvalue weighted by Gasteiger charge is 2.41. The van der Waals surface area contributed by atoms with Crippen LogP contribution in [0.5, 0.6) is 0 Å². The van der Waals surface area contributed by atoms with Gasteiger partial charge in [0.2, 0.25) is 5.91 Å². The molecule has 0 aromatic carbocycles. The van der Waals surface area contributed by atoms with E-state index in [1.807, 2.05) is 10.3 Å². The van der Waals surface area contributed by atoms with Gasteiger partial charge in [0.25, 0.3) is 0 Å². The van der Waals surface area contributed by atoms with E-state index < -0.39 is 0 Å². The van der Waals surface area contributed by atoms with Crippen LogP contribution in [0.3, 0.4) is 0 Å². The van der Waals surface area contributed by atoms with Crippen LogP contribution in [0.4, 0.5) is 0 Å². The number of amides is 1. The van der Waals surface area contributed by atoms with Crippen molar-refractivity contribution in [1.82, 2.24) is 19.9 Å². The Hall–Kier alpha value is -1.86. The van der Waals surface area contributed by atoms with Gasteiger partial charge in [0.05, 0.1) is 18.8 Å². The van der Waals surface area contributed by atoms with Crippen LogP contribution in [0, 0.1) is 5.41 Å². The number of hydrogen-bond acceptors (Lipinski definition) is 6. The fourth-order valence-electron chi connectivity index (χ4n) is 3.31. The first-order valence-corrected chi connectivity index (χ1v) is 8.69. The summed E-state index contributed by atoms with van der Waals surface area (Å²) in [5.74, 6) is 0.849. The first kappa shape index (κ1) is 14.7. The molecule has 0 bridgehead atoms. The van der Waals surface area contributed by atoms with Gasteiger partial charge in [-0.1, -0.05) is 0 Å². The summed E-state index contributed by atoms with van der Waals surface area (Å²) in [6.45, 7) is 2.93. The van der Waals surface area contributed by atoms with E-state index in [1.165, 1.54) is 11.3 Å². The third-order valence-electron chi connectivity index (χ3n) is 4.59. The zero-order valence-corrected chi connectivity index (χ0v) is 13.6. The van der Waals surface area contributed by atoms with Gasteiger partial charge in [0.15, 0.2) is 10.8 Å². The van der Waals surface area contributed by atoms with Crippen LogP contribution in [-0.4, -0.2) is 45.5 Å². The lowest BCUT2D eigenvalue weighted by Gasteiger charge is -2.38. The standard InChI is InChI=1S/C16H18N4O2S/c21-13-2-3-16(4-7-22-11-16)10-20(13)8-12-9-23-15(19-12)14-17-5-1-6-18-14/h1,5-6,9H,2-4,7-8,10-11H2/t16-/m0/s1. The fourth-order valence-corrected chi connectivity index (χ4v) is 4.06. The van der Waals surface area contributed by atoms with Gasteiger partial charge in [-0.25, -0.2) is 15.0 Å². The summed E-state index contributed by atoms with van der Waals surface area (Å²) in [7, 11) is 0. The van der Waals surface area contributed by atoms with Gasteiger partial charge in [-0.3, -0.25) is 4.79 Å². The lowest BCUT2D eigenvalue weighted by Crippen LogP contribution is -2.46. The molecule has 2 aliphatic heterocycles. The number of nitrogens with zero attached hydrogens (tertiary/aromatic N) is 4. The Morgan fingerprint density at radius 2 is 2.17 bits per heavy atom. The monoisotopic (exact) mass is 330 g/mol. The summed E-state index contributed by atoms with van der Waals surface area (Å²) in [6.07, 6.45) is 6.03. The number of aromatic nitrogens is 3. The molecule has 6 nitrogen and oxygen atoms in total. The fraction of sp³-hybridized carbons (Fsp3) is 0.500. The zero-order valence-electron chi connectivity index (χ0n) is 12.8. The predicted molar refractivity (Wildman–Crippen MR) is 85.7 cm³/mol. The van der Waals surface area contributed by atoms with Gasteiger partial charge in [0.1, 0.15) is 0 Å². The Labute approximate surface area is 138 Å². The molecule has 23 heavy (non-hydrogen) atoms. The highest BCUT2D eigenvalue weighted by atomic mass is 32.1. The zero-order chi connectivity index (χ0) is 15.7. The van der Waals surface area contributed by atoms with E-state index in [9.17, 15) is 4.79 Å². The van der Waals surface area contributed by atoms with Crippen molar-refractivity contribution < 1.29 is 9.53 Å². The van der Waals surface area contributed by atoms with Gasteiger partial charge in [-0.2, -0.15) is 0 Å². The molecule has 2 aromatic heterocycles. The molecule has 2 aliphatic rings. The topological polar surface area (TPSA) is 68.2 Å². The molecular formula is C16H18N4O2S. The molecule has 4 heterocycles. The highest BCUT2D eigenvalue weighted by Crippen LogP contribution is 2.38. The summed E-state index contributed by atoms with van der Waals surface area (Å²) < 4.78 is 5.57. The second-order valence-electron chi connectivity index (χ2n) is 6.27. The van der Waals surface area contributed by atoms with E-state index in [0.717, 1.165) is 43.3 Å². The molecule has 1 spiro atoms. The van der Waals surface area contributed by atoms with Crippen molar-refractivity contribution in [3.05, 3.63) is 29.5 Å². The largest absolute Gasteiger partial charge is 0.381 e. The van der Waals surface area contributed by atoms with Crippen molar-refractivity contribution >= 4 is 17.2 Å². The first-order chi connectivity index (χ1) is 11.2. The average Bonchev–Trinajstić information content (AvgIpc) is 3.22. The van der Waals surface area contributed by atoms with Crippen molar-refractivity contribution in [2.75, 3.05) is 19.8 Å². The normalized spacial score (nSPS) is 24.5. The van der Waals surface area contributed by atoms with Crippen LogP contribution >= 0.6 is 11.3 Å². The van der Waals surface area contributed by atoms with Gasteiger partial charge in [-0.05, 0) is 18.9 Å². The average molecular weight is 330 g/mol. The van der Waals surface area contributed by atoms with Crippen LogP contribution in [0.2, 0.25) is 0 Å². The van der Waals surface area contributed by atoms with Crippen molar-refractivity contribution in [3.8, 4) is 10.8 Å². The molecule has 4 rings (SSSR count). The maximum Gasteiger partial charge on any atom is 0.222 e. The van der Waals surface area contributed by atoms with E-state index in [2.05, 4.69) is 15.0 Å². The molecular weight excluding hydrogens is 312 g/mol. The second kappa shape index (κ2) is 5.98. The minimum Gasteiger partial charge on any atom is -0.381 e. The van der Waals surface area contributed by atoms with Crippen molar-refractivity contribution in [2.45, 2.75) is 25.8 Å². The number of likely N-dealkylation sites (tertiary alicyclic amines) is 1. The molecule has 1 atom stereocenters. The Morgan fingerprint density at radius 3 is 2.96 bits per heavy atom. The summed E-state index contributed by atoms with van der Waals surface area (Å²) in [6, 6.07) is 1.79. The molecule has 0 saturated carbocycles. The smallest absolute Gasteiger partial charge is 0.222 e. The number of carbonyl (C=O) groups is 1. The SMILES string of the molecule is O=C1CC[C@]2(CCOC2)CN1Cc1csc(-c2ncccn2)n1. The molecule has 0 aliphatic carbocycles. The molecule has 2 fully saturated rings. The van der Waals surface area contributed by atoms with Crippen LogP contribution in [0.25, 0.3) is 10.8 Å². The van der Waals surface area contributed by atoms with E-state index in [4.69, 9.17) is 4.74 Å². The Morgan fingerprint density at radius 1 is 1.30 bits per heavy atom. The maximum absolute atomic E-state index is 12.3. The Balaban J connectivity index is 1.49. The minimum atomic E-state index is 0.162. The van der Waals surface area contributed by atoms with E-state index in [1.54, 1.807) is 18.5 Å². The number of hydrogen-bond donors (Lipinski definition) is 0. The van der Waals surface area contributed by atoms with Gasteiger partial charge < -0.3 is 9.64 Å². The highest BCUT2D eigenvalue weighted by molar-refractivity contribution is 7.13. The molecule has 120 valence electrons. The third kappa shape index (κ3) is 2.98. The lowest BCUT2D eigenvalue weighted by molar-refractivity contribution is -0.138. The number of ether oxygens (including phenoxy) is 1. The molecule has 0 unspecified atom stereocenters. The third-order valence-corrected chi connectivity index (χ3v) is 5.48. The number of piperidine rings is 1. The van der Waals surface area contributed by atoms with Crippen LogP contribution in [-0.2, 0) is 16.1 Å². The maximum atomic E-state index is 12.3. The number of thiazole rings is 1. The molecule has 0 radical (unpaired) electrons. The quantitative estimate of drug-likeness (QED) is 0.862. The van der Waals surface area contributed by atoms with E-state index in [-0.39, 0.29) is 11.3 Å². The number of rotatable bonds is 3. The summed E-state index contributed by atoms with van der Waals surface area (Å²) in [4.78, 5) is 27.2. The molecule has 2 saturated heterocycles. The molecule has 2 aromatic rings. The van der Waals surface area contributed by atoms with Gasteiger partial charge in [0, 0.05) is 42.8 Å². The van der Waals surface area contributed by atoms with Crippen LogP contribution in [0.1, 0.15) is 25.0 Å². The minimum absolute atomic E-state index is 0.162. The molecule has 1 amide bonds. The van der Waals surface area contributed by atoms with Gasteiger partial charge in [-0.15, -0.1) is 11.3 Å².